The molecule has 1 amide bonds. The summed E-state index contributed by atoms with van der Waals surface area (Å²) in [5.41, 5.74) is 3.27. The molecule has 162 valence electrons. The third-order valence-corrected chi connectivity index (χ3v) is 6.20. The number of hydrazone groups is 1. The number of nitrogens with one attached hydrogen (secondary N) is 1. The topological polar surface area (TPSA) is 78.8 Å². The van der Waals surface area contributed by atoms with Crippen LogP contribution < -0.4 is 9.73 Å². The van der Waals surface area contributed by atoms with Crippen molar-refractivity contribution >= 4 is 27.3 Å². The number of amides is 1. The van der Waals surface area contributed by atoms with Crippen LogP contribution in [0.25, 0.3) is 0 Å². The monoisotopic (exact) mass is 425 g/mol. The van der Waals surface area contributed by atoms with Gasteiger partial charge in [0.05, 0.1) is 11.9 Å². The minimum atomic E-state index is -3.82. The molecule has 0 saturated heterocycles. The number of hydrogen-bond donors (Lipinski definition) is 1. The Balaban J connectivity index is 2.01. The highest BCUT2D eigenvalue weighted by Gasteiger charge is 2.23. The zero-order valence-corrected chi connectivity index (χ0v) is 18.0. The fourth-order valence-electron chi connectivity index (χ4n) is 3.47. The average molecular weight is 426 g/mol. The highest BCUT2D eigenvalue weighted by molar-refractivity contribution is 7.92. The fourth-order valence-corrected chi connectivity index (χ4v) is 4.33. The largest absolute Gasteiger partial charge is 0.271 e. The van der Waals surface area contributed by atoms with Gasteiger partial charge in [-0.15, -0.1) is 0 Å². The first-order valence-electron chi connectivity index (χ1n) is 10.4. The van der Waals surface area contributed by atoms with Gasteiger partial charge in [-0.25, -0.2) is 18.2 Å². The molecule has 0 bridgehead atoms. The first-order valence-corrected chi connectivity index (χ1v) is 12.3. The van der Waals surface area contributed by atoms with Gasteiger partial charge in [-0.05, 0) is 37.8 Å². The number of halogens is 1. The molecule has 1 fully saturated rings. The summed E-state index contributed by atoms with van der Waals surface area (Å²) in [4.78, 5) is 12.4. The summed E-state index contributed by atoms with van der Waals surface area (Å²) in [6, 6.07) is 5.49. The number of hydrogen-bond acceptors (Lipinski definition) is 4. The van der Waals surface area contributed by atoms with Crippen molar-refractivity contribution in [3.63, 3.8) is 0 Å². The van der Waals surface area contributed by atoms with Crippen LogP contribution in [-0.2, 0) is 14.8 Å². The number of carbonyl (C=O) groups excluding carboxylic acids is 1. The number of carbonyl (C=O) groups is 1. The molecule has 0 radical (unpaired) electrons. The van der Waals surface area contributed by atoms with Crippen molar-refractivity contribution in [2.75, 3.05) is 17.1 Å². The summed E-state index contributed by atoms with van der Waals surface area (Å²) in [6.07, 6.45) is 13.3. The molecule has 0 aromatic heterocycles. The van der Waals surface area contributed by atoms with Crippen molar-refractivity contribution in [3.05, 3.63) is 30.1 Å². The van der Waals surface area contributed by atoms with Gasteiger partial charge >= 0.3 is 0 Å². The maximum atomic E-state index is 14.0. The highest BCUT2D eigenvalue weighted by atomic mass is 32.2. The molecule has 1 N–H and O–H groups in total. The Morgan fingerprint density at radius 2 is 1.52 bits per heavy atom. The Morgan fingerprint density at radius 1 is 1.00 bits per heavy atom. The Bertz CT molecular complexity index is 782. The van der Waals surface area contributed by atoms with Crippen LogP contribution in [0.1, 0.15) is 70.6 Å². The summed E-state index contributed by atoms with van der Waals surface area (Å²) in [5, 5.41) is 4.26. The van der Waals surface area contributed by atoms with E-state index in [1.807, 2.05) is 0 Å². The summed E-state index contributed by atoms with van der Waals surface area (Å²) in [5.74, 6) is -1.28. The molecule has 8 heteroatoms. The van der Waals surface area contributed by atoms with Crippen LogP contribution in [-0.4, -0.2) is 32.8 Å². The quantitative estimate of drug-likeness (QED) is 0.712. The summed E-state index contributed by atoms with van der Waals surface area (Å²) in [7, 11) is -3.82. The number of para-hydroxylation sites is 1. The van der Waals surface area contributed by atoms with Gasteiger partial charge in [0.25, 0.3) is 5.91 Å². The summed E-state index contributed by atoms with van der Waals surface area (Å²) >= 11 is 0. The lowest BCUT2D eigenvalue weighted by Crippen LogP contribution is -2.39. The second kappa shape index (κ2) is 11.9. The number of anilines is 1. The molecule has 1 aliphatic carbocycles. The molecule has 0 aliphatic heterocycles. The predicted octanol–water partition coefficient (Wildman–Crippen LogP) is 4.37. The van der Waals surface area contributed by atoms with E-state index >= 15 is 0 Å². The van der Waals surface area contributed by atoms with Crippen LogP contribution in [0.5, 0.6) is 0 Å². The van der Waals surface area contributed by atoms with E-state index in [9.17, 15) is 17.6 Å². The Morgan fingerprint density at radius 3 is 2.03 bits per heavy atom. The van der Waals surface area contributed by atoms with E-state index in [-0.39, 0.29) is 5.69 Å². The third kappa shape index (κ3) is 8.51. The van der Waals surface area contributed by atoms with E-state index in [2.05, 4.69) is 10.5 Å². The van der Waals surface area contributed by atoms with Crippen LogP contribution in [0.4, 0.5) is 10.1 Å². The Hall–Kier alpha value is -1.96. The normalized spacial score (nSPS) is 17.0. The van der Waals surface area contributed by atoms with Crippen molar-refractivity contribution in [2.45, 2.75) is 70.6 Å². The van der Waals surface area contributed by atoms with E-state index in [1.54, 1.807) is 0 Å². The molecule has 0 spiro atoms. The molecule has 1 aromatic carbocycles. The smallest absolute Gasteiger partial charge is 0.260 e. The molecule has 0 atom stereocenters. The number of sulfonamides is 1. The van der Waals surface area contributed by atoms with Crippen LogP contribution in [0, 0.1) is 5.82 Å². The van der Waals surface area contributed by atoms with E-state index in [0.717, 1.165) is 60.9 Å². The molecule has 1 aromatic rings. The van der Waals surface area contributed by atoms with Crippen LogP contribution in [0.2, 0.25) is 0 Å². The lowest BCUT2D eigenvalue weighted by atomic mass is 10.00. The van der Waals surface area contributed by atoms with Crippen molar-refractivity contribution in [1.29, 1.82) is 0 Å². The highest BCUT2D eigenvalue weighted by Crippen LogP contribution is 2.21. The first kappa shape index (κ1) is 23.3. The standard InChI is InChI=1S/C21H32FN3O3S/c1-29(27,28)25(20-16-12-11-15-19(20)22)17-21(26)24-23-18-13-9-7-5-3-2-4-6-8-10-14-18/h11-12,15-16H,2-10,13-14,17H2,1H3,(H,24,26). The fraction of sp³-hybridized carbons (Fsp3) is 0.619. The maximum absolute atomic E-state index is 14.0. The van der Waals surface area contributed by atoms with Gasteiger partial charge in [-0.1, -0.05) is 57.1 Å². The molecular formula is C21H32FN3O3S. The lowest BCUT2D eigenvalue weighted by molar-refractivity contribution is -0.119. The SMILES string of the molecule is CS(=O)(=O)N(CC(=O)NN=C1CCCCCCCCCCC1)c1ccccc1F. The van der Waals surface area contributed by atoms with Crippen LogP contribution in [0.3, 0.4) is 0 Å². The molecule has 6 nitrogen and oxygen atoms in total. The molecule has 2 rings (SSSR count). The number of benzene rings is 1. The molecule has 0 heterocycles. The third-order valence-electron chi connectivity index (χ3n) is 5.08. The van der Waals surface area contributed by atoms with Gasteiger partial charge < -0.3 is 0 Å². The minimum Gasteiger partial charge on any atom is -0.271 e. The molecule has 0 unspecified atom stereocenters. The van der Waals surface area contributed by atoms with Gasteiger partial charge in [0.15, 0.2) is 0 Å². The van der Waals surface area contributed by atoms with Crippen LogP contribution in [0.15, 0.2) is 29.4 Å². The molecular weight excluding hydrogens is 393 g/mol. The van der Waals surface area contributed by atoms with E-state index < -0.39 is 28.3 Å². The molecule has 1 saturated carbocycles. The zero-order valence-electron chi connectivity index (χ0n) is 17.2. The molecule has 29 heavy (non-hydrogen) atoms. The number of nitrogens with zero attached hydrogens (tertiary/aromatic N) is 2. The van der Waals surface area contributed by atoms with Gasteiger partial charge in [0, 0.05) is 5.71 Å². The van der Waals surface area contributed by atoms with Crippen molar-refractivity contribution in [1.82, 2.24) is 5.43 Å². The zero-order chi connectivity index (χ0) is 21.1. The second-order valence-electron chi connectivity index (χ2n) is 7.62. The van der Waals surface area contributed by atoms with Gasteiger partial charge in [-0.2, -0.15) is 5.10 Å². The number of rotatable bonds is 5. The average Bonchev–Trinajstić information content (AvgIpc) is 2.65. The van der Waals surface area contributed by atoms with Crippen molar-refractivity contribution < 1.29 is 17.6 Å². The Labute approximate surface area is 173 Å². The maximum Gasteiger partial charge on any atom is 0.260 e. The van der Waals surface area contributed by atoms with Gasteiger partial charge in [-0.3, -0.25) is 9.10 Å². The van der Waals surface area contributed by atoms with Crippen molar-refractivity contribution in [3.8, 4) is 0 Å². The second-order valence-corrected chi connectivity index (χ2v) is 9.52. The van der Waals surface area contributed by atoms with Gasteiger partial charge in [0.1, 0.15) is 12.4 Å². The lowest BCUT2D eigenvalue weighted by Gasteiger charge is -2.21. The molecule has 1 aliphatic rings. The van der Waals surface area contributed by atoms with E-state index in [4.69, 9.17) is 0 Å². The van der Waals surface area contributed by atoms with Gasteiger partial charge in [0.2, 0.25) is 10.0 Å². The van der Waals surface area contributed by atoms with E-state index in [1.165, 1.54) is 50.3 Å². The Kier molecular flexibility index (Phi) is 9.57. The summed E-state index contributed by atoms with van der Waals surface area (Å²) in [6.45, 7) is -0.517. The first-order chi connectivity index (χ1) is 13.9. The van der Waals surface area contributed by atoms with Crippen molar-refractivity contribution in [2.24, 2.45) is 5.10 Å². The van der Waals surface area contributed by atoms with Crippen LogP contribution >= 0.6 is 0 Å². The predicted molar refractivity (Wildman–Crippen MR) is 115 cm³/mol. The van der Waals surface area contributed by atoms with E-state index in [0.29, 0.717) is 0 Å². The summed E-state index contributed by atoms with van der Waals surface area (Å²) < 4.78 is 39.0. The minimum absolute atomic E-state index is 0.149.